The van der Waals surface area contributed by atoms with Crippen LogP contribution in [0.2, 0.25) is 5.02 Å². The van der Waals surface area contributed by atoms with E-state index in [0.717, 1.165) is 53.5 Å². The Labute approximate surface area is 167 Å². The van der Waals surface area contributed by atoms with Crippen molar-refractivity contribution in [3.8, 4) is 16.9 Å². The second-order valence-corrected chi connectivity index (χ2v) is 9.96. The molecule has 27 heavy (non-hydrogen) atoms. The highest BCUT2D eigenvalue weighted by Gasteiger charge is 2.38. The first-order chi connectivity index (χ1) is 12.9. The highest BCUT2D eigenvalue weighted by molar-refractivity contribution is 7.89. The maximum atomic E-state index is 12.6. The number of sulfonamides is 1. The molecule has 5 rings (SSSR count). The molecule has 1 saturated carbocycles. The molecule has 0 atom stereocenters. The summed E-state index contributed by atoms with van der Waals surface area (Å²) in [6.07, 6.45) is 3.55. The first kappa shape index (κ1) is 17.6. The van der Waals surface area contributed by atoms with Crippen LogP contribution >= 0.6 is 23.2 Å². The molecule has 2 heterocycles. The van der Waals surface area contributed by atoms with Crippen molar-refractivity contribution < 1.29 is 8.42 Å². The average molecular weight is 421 g/mol. The van der Waals surface area contributed by atoms with Gasteiger partial charge in [0.15, 0.2) is 0 Å². The van der Waals surface area contributed by atoms with Gasteiger partial charge in [-0.1, -0.05) is 29.8 Å². The van der Waals surface area contributed by atoms with E-state index in [1.54, 1.807) is 0 Å². The predicted octanol–water partition coefficient (Wildman–Crippen LogP) is 5.18. The maximum Gasteiger partial charge on any atom is 0.239 e. The molecular formula is C20H18Cl2N2O2S. The van der Waals surface area contributed by atoms with E-state index >= 15 is 0 Å². The fourth-order valence-corrected chi connectivity index (χ4v) is 5.94. The summed E-state index contributed by atoms with van der Waals surface area (Å²) in [5, 5.41) is 7.62. The van der Waals surface area contributed by atoms with Gasteiger partial charge in [0.2, 0.25) is 10.0 Å². The molecule has 1 fully saturated rings. The number of benzene rings is 2. The van der Waals surface area contributed by atoms with E-state index in [2.05, 4.69) is 0 Å². The van der Waals surface area contributed by atoms with E-state index in [1.165, 1.54) is 0 Å². The Kier molecular flexibility index (Phi) is 3.89. The van der Waals surface area contributed by atoms with Crippen molar-refractivity contribution in [3.05, 3.63) is 47.0 Å². The lowest BCUT2D eigenvalue weighted by Crippen LogP contribution is -2.20. The Morgan fingerprint density at radius 1 is 1.07 bits per heavy atom. The molecule has 2 aromatic rings. The topological polar surface area (TPSA) is 65.1 Å². The van der Waals surface area contributed by atoms with Gasteiger partial charge in [-0.25, -0.2) is 13.6 Å². The number of primary sulfonamides is 1. The summed E-state index contributed by atoms with van der Waals surface area (Å²) in [6.45, 7) is 0. The van der Waals surface area contributed by atoms with Crippen LogP contribution in [0, 0.1) is 0 Å². The molecule has 3 aliphatic rings. The molecule has 2 aromatic carbocycles. The van der Waals surface area contributed by atoms with Gasteiger partial charge in [0.05, 0.1) is 21.8 Å². The molecule has 0 spiro atoms. The number of rotatable bonds is 3. The Bertz CT molecular complexity index is 1190. The molecule has 7 heteroatoms. The number of nitrogens with zero attached hydrogens (tertiary/aromatic N) is 1. The van der Waals surface area contributed by atoms with E-state index in [0.29, 0.717) is 10.6 Å². The third-order valence-corrected chi connectivity index (χ3v) is 7.46. The van der Waals surface area contributed by atoms with Crippen LogP contribution in [0.4, 0.5) is 0 Å². The Hall–Kier alpha value is -1.53. The molecule has 0 unspecified atom stereocenters. The average Bonchev–Trinajstić information content (AvgIpc) is 3.29. The van der Waals surface area contributed by atoms with Crippen molar-refractivity contribution in [1.29, 1.82) is 0 Å². The minimum absolute atomic E-state index is 0.169. The quantitative estimate of drug-likeness (QED) is 0.464. The third kappa shape index (κ3) is 2.71. The van der Waals surface area contributed by atoms with Gasteiger partial charge < -0.3 is 4.57 Å². The summed E-state index contributed by atoms with van der Waals surface area (Å²) in [5.41, 5.74) is 4.50. The zero-order chi connectivity index (χ0) is 18.9. The third-order valence-electron chi connectivity index (χ3n) is 5.76. The minimum atomic E-state index is -3.87. The van der Waals surface area contributed by atoms with Gasteiger partial charge in [-0.3, -0.25) is 0 Å². The van der Waals surface area contributed by atoms with Gasteiger partial charge in [0, 0.05) is 21.3 Å². The molecule has 1 aliphatic carbocycles. The standard InChI is InChI=1S/C20H18Cl2N2O2S/c21-12-6-4-11(5-7-12)14-2-1-3-16(20(14)27(23,25)26)19-18-15-9-8-13(22)10-17(15)24(18)19/h1-3,8-12H,4-7H2,(H2,23,25,26). The largest absolute Gasteiger partial charge is 0.304 e. The summed E-state index contributed by atoms with van der Waals surface area (Å²) in [4.78, 5) is 0.261. The van der Waals surface area contributed by atoms with Gasteiger partial charge in [0.25, 0.3) is 0 Å². The number of nitrogens with two attached hydrogens (primary N) is 1. The van der Waals surface area contributed by atoms with Crippen LogP contribution in [0.15, 0.2) is 41.3 Å². The summed E-state index contributed by atoms with van der Waals surface area (Å²) in [7, 11) is -3.87. The van der Waals surface area contributed by atoms with E-state index in [4.69, 9.17) is 28.3 Å². The van der Waals surface area contributed by atoms with Gasteiger partial charge in [-0.2, -0.15) is 0 Å². The summed E-state index contributed by atoms with van der Waals surface area (Å²) >= 11 is 12.3. The van der Waals surface area contributed by atoms with Gasteiger partial charge in [-0.15, -0.1) is 11.6 Å². The Morgan fingerprint density at radius 2 is 1.81 bits per heavy atom. The molecular weight excluding hydrogens is 403 g/mol. The van der Waals surface area contributed by atoms with Crippen molar-refractivity contribution >= 4 is 44.1 Å². The molecule has 2 aliphatic heterocycles. The van der Waals surface area contributed by atoms with Crippen LogP contribution in [0.25, 0.3) is 27.8 Å². The lowest BCUT2D eigenvalue weighted by molar-refractivity contribution is 0.444. The lowest BCUT2D eigenvalue weighted by Gasteiger charge is -2.27. The summed E-state index contributed by atoms with van der Waals surface area (Å²) in [6, 6.07) is 11.4. The first-order valence-electron chi connectivity index (χ1n) is 9.00. The molecule has 0 radical (unpaired) electrons. The van der Waals surface area contributed by atoms with Gasteiger partial charge in [0.1, 0.15) is 0 Å². The van der Waals surface area contributed by atoms with Gasteiger partial charge >= 0.3 is 0 Å². The second kappa shape index (κ2) is 5.98. The first-order valence-corrected chi connectivity index (χ1v) is 11.4. The van der Waals surface area contributed by atoms with E-state index in [9.17, 15) is 8.42 Å². The maximum absolute atomic E-state index is 12.6. The van der Waals surface area contributed by atoms with Crippen molar-refractivity contribution in [3.63, 3.8) is 0 Å². The number of fused-ring (bicyclic) bond motifs is 4. The molecule has 2 N–H and O–H groups in total. The molecule has 0 aromatic heterocycles. The Balaban J connectivity index is 1.68. The van der Waals surface area contributed by atoms with E-state index < -0.39 is 10.0 Å². The van der Waals surface area contributed by atoms with Crippen LogP contribution < -0.4 is 5.14 Å². The van der Waals surface area contributed by atoms with Crippen molar-refractivity contribution in [2.75, 3.05) is 0 Å². The fourth-order valence-electron chi connectivity index (χ4n) is 4.48. The lowest BCUT2D eigenvalue weighted by atomic mass is 9.83. The van der Waals surface area contributed by atoms with Crippen molar-refractivity contribution in [2.24, 2.45) is 5.14 Å². The monoisotopic (exact) mass is 420 g/mol. The number of hydrogen-bond acceptors (Lipinski definition) is 2. The molecule has 140 valence electrons. The minimum Gasteiger partial charge on any atom is -0.304 e. The zero-order valence-corrected chi connectivity index (χ0v) is 16.8. The molecule has 4 nitrogen and oxygen atoms in total. The van der Waals surface area contributed by atoms with E-state index in [1.807, 2.05) is 41.0 Å². The van der Waals surface area contributed by atoms with Crippen molar-refractivity contribution in [2.45, 2.75) is 41.9 Å². The van der Waals surface area contributed by atoms with Crippen LogP contribution in [0.5, 0.6) is 0 Å². The normalized spacial score (nSPS) is 21.6. The number of halogens is 2. The molecule has 0 bridgehead atoms. The predicted molar refractivity (Wildman–Crippen MR) is 110 cm³/mol. The SMILES string of the molecule is NS(=O)(=O)c1c(-c2c3c4ccc(Cl)cc4n2-3)cccc1C1CCC(Cl)CC1. The molecule has 0 saturated heterocycles. The van der Waals surface area contributed by atoms with Crippen LogP contribution in [-0.2, 0) is 10.0 Å². The fraction of sp³-hybridized carbons (Fsp3) is 0.300. The van der Waals surface area contributed by atoms with E-state index in [-0.39, 0.29) is 16.2 Å². The van der Waals surface area contributed by atoms with Crippen LogP contribution in [0.1, 0.15) is 37.2 Å². The zero-order valence-electron chi connectivity index (χ0n) is 14.5. The van der Waals surface area contributed by atoms with Crippen molar-refractivity contribution in [1.82, 2.24) is 4.57 Å². The highest BCUT2D eigenvalue weighted by atomic mass is 35.5. The van der Waals surface area contributed by atoms with Crippen LogP contribution in [-0.4, -0.2) is 18.4 Å². The van der Waals surface area contributed by atoms with Gasteiger partial charge in [-0.05, 0) is 55.4 Å². The second-order valence-electron chi connectivity index (χ2n) is 7.41. The van der Waals surface area contributed by atoms with Crippen LogP contribution in [0.3, 0.4) is 0 Å². The summed E-state index contributed by atoms with van der Waals surface area (Å²) in [5.74, 6) is 0.169. The highest BCUT2D eigenvalue weighted by Crippen LogP contribution is 2.53. The molecule has 0 amide bonds. The Morgan fingerprint density at radius 3 is 2.52 bits per heavy atom. The summed E-state index contributed by atoms with van der Waals surface area (Å²) < 4.78 is 27.2. The number of alkyl halides is 1. The number of hydrogen-bond donors (Lipinski definition) is 1. The smallest absolute Gasteiger partial charge is 0.239 e. The number of aromatic nitrogens is 1.